The van der Waals surface area contributed by atoms with Gasteiger partial charge in [-0.05, 0) is 30.0 Å². The third kappa shape index (κ3) is 2.76. The van der Waals surface area contributed by atoms with Crippen molar-refractivity contribution in [1.82, 2.24) is 9.80 Å². The fourth-order valence-corrected chi connectivity index (χ4v) is 2.65. The molecule has 0 saturated heterocycles. The zero-order chi connectivity index (χ0) is 14.7. The minimum Gasteiger partial charge on any atom is -0.478 e. The molecule has 5 nitrogen and oxygen atoms in total. The molecule has 0 aliphatic carbocycles. The maximum atomic E-state index is 12.3. The molecule has 108 valence electrons. The molecule has 0 radical (unpaired) electrons. The number of hydrogen-bond donors (Lipinski definition) is 1. The van der Waals surface area contributed by atoms with Gasteiger partial charge in [-0.2, -0.15) is 0 Å². The zero-order valence-corrected chi connectivity index (χ0v) is 11.9. The summed E-state index contributed by atoms with van der Waals surface area (Å²) in [6, 6.07) is 5.28. The van der Waals surface area contributed by atoms with E-state index in [9.17, 15) is 14.7 Å². The Balaban J connectivity index is 2.18. The molecule has 5 heteroatoms. The van der Waals surface area contributed by atoms with Crippen molar-refractivity contribution >= 4 is 12.0 Å². The van der Waals surface area contributed by atoms with E-state index in [0.717, 1.165) is 24.1 Å². The summed E-state index contributed by atoms with van der Waals surface area (Å²) in [6.45, 7) is 3.83. The number of fused-ring (bicyclic) bond motifs is 1. The van der Waals surface area contributed by atoms with Crippen molar-refractivity contribution in [3.05, 3.63) is 34.9 Å². The van der Waals surface area contributed by atoms with Crippen molar-refractivity contribution in [1.29, 1.82) is 0 Å². The van der Waals surface area contributed by atoms with Gasteiger partial charge in [0.1, 0.15) is 0 Å². The van der Waals surface area contributed by atoms with Crippen LogP contribution in [0.1, 0.15) is 34.8 Å². The average molecular weight is 276 g/mol. The lowest BCUT2D eigenvalue weighted by molar-refractivity contribution is 0.0695. The molecule has 0 spiro atoms. The lowest BCUT2D eigenvalue weighted by Gasteiger charge is -2.32. The van der Waals surface area contributed by atoms with Crippen molar-refractivity contribution in [3.8, 4) is 0 Å². The molecule has 2 rings (SSSR count). The minimum atomic E-state index is -0.898. The monoisotopic (exact) mass is 276 g/mol. The highest BCUT2D eigenvalue weighted by Crippen LogP contribution is 2.23. The van der Waals surface area contributed by atoms with E-state index >= 15 is 0 Å². The molecule has 1 aromatic carbocycles. The van der Waals surface area contributed by atoms with E-state index in [0.29, 0.717) is 25.1 Å². The highest BCUT2D eigenvalue weighted by atomic mass is 16.4. The van der Waals surface area contributed by atoms with E-state index in [1.165, 1.54) is 0 Å². The van der Waals surface area contributed by atoms with Crippen molar-refractivity contribution in [2.75, 3.05) is 20.1 Å². The SMILES string of the molecule is CCCN(C)C(=O)N1CCc2c(cccc2C(=O)O)C1. The molecule has 2 amide bonds. The Morgan fingerprint density at radius 2 is 2.15 bits per heavy atom. The van der Waals surface area contributed by atoms with Crippen LogP contribution in [0.2, 0.25) is 0 Å². The number of hydrogen-bond acceptors (Lipinski definition) is 2. The maximum absolute atomic E-state index is 12.3. The quantitative estimate of drug-likeness (QED) is 0.920. The van der Waals surface area contributed by atoms with Crippen molar-refractivity contribution < 1.29 is 14.7 Å². The standard InChI is InChI=1S/C15H20N2O3/c1-3-8-16(2)15(20)17-9-7-12-11(10-17)5-4-6-13(12)14(18)19/h4-6H,3,7-10H2,1-2H3,(H,18,19). The molecule has 20 heavy (non-hydrogen) atoms. The second-order valence-electron chi connectivity index (χ2n) is 5.12. The largest absolute Gasteiger partial charge is 0.478 e. The summed E-state index contributed by atoms with van der Waals surface area (Å²) in [7, 11) is 1.80. The molecule has 0 saturated carbocycles. The van der Waals surface area contributed by atoms with Gasteiger partial charge >= 0.3 is 12.0 Å². The average Bonchev–Trinajstić information content (AvgIpc) is 2.45. The first-order valence-corrected chi connectivity index (χ1v) is 6.88. The van der Waals surface area contributed by atoms with Crippen LogP contribution < -0.4 is 0 Å². The van der Waals surface area contributed by atoms with Crippen LogP contribution >= 0.6 is 0 Å². The second kappa shape index (κ2) is 5.94. The topological polar surface area (TPSA) is 60.9 Å². The normalized spacial score (nSPS) is 13.8. The molecule has 0 unspecified atom stereocenters. The number of amides is 2. The molecule has 1 N–H and O–H groups in total. The van der Waals surface area contributed by atoms with Crippen LogP contribution in [0.5, 0.6) is 0 Å². The Morgan fingerprint density at radius 1 is 1.40 bits per heavy atom. The highest BCUT2D eigenvalue weighted by Gasteiger charge is 2.25. The van der Waals surface area contributed by atoms with E-state index in [1.54, 1.807) is 29.0 Å². The van der Waals surface area contributed by atoms with E-state index in [4.69, 9.17) is 0 Å². The number of carbonyl (C=O) groups is 2. The molecule has 1 aromatic rings. The molecule has 0 atom stereocenters. The number of carboxylic acids is 1. The minimum absolute atomic E-state index is 0.0122. The Labute approximate surface area is 118 Å². The number of benzene rings is 1. The van der Waals surface area contributed by atoms with Crippen LogP contribution in [0, 0.1) is 0 Å². The molecule has 0 aromatic heterocycles. The van der Waals surface area contributed by atoms with E-state index in [2.05, 4.69) is 0 Å². The van der Waals surface area contributed by atoms with Gasteiger partial charge in [0.2, 0.25) is 0 Å². The van der Waals surface area contributed by atoms with E-state index in [-0.39, 0.29) is 6.03 Å². The molecular weight excluding hydrogens is 256 g/mol. The van der Waals surface area contributed by atoms with Crippen molar-refractivity contribution in [3.63, 3.8) is 0 Å². The number of aromatic carboxylic acids is 1. The Morgan fingerprint density at radius 3 is 2.80 bits per heavy atom. The summed E-state index contributed by atoms with van der Waals surface area (Å²) in [5.41, 5.74) is 2.16. The molecular formula is C15H20N2O3. The fourth-order valence-electron chi connectivity index (χ4n) is 2.65. The van der Waals surface area contributed by atoms with E-state index in [1.807, 2.05) is 13.0 Å². The van der Waals surface area contributed by atoms with Crippen molar-refractivity contribution in [2.45, 2.75) is 26.3 Å². The highest BCUT2D eigenvalue weighted by molar-refractivity contribution is 5.90. The first kappa shape index (κ1) is 14.4. The summed E-state index contributed by atoms with van der Waals surface area (Å²) < 4.78 is 0. The maximum Gasteiger partial charge on any atom is 0.335 e. The predicted octanol–water partition coefficient (Wildman–Crippen LogP) is 2.20. The third-order valence-corrected chi connectivity index (χ3v) is 3.65. The molecule has 0 bridgehead atoms. The van der Waals surface area contributed by atoms with E-state index < -0.39 is 5.97 Å². The first-order valence-electron chi connectivity index (χ1n) is 6.88. The van der Waals surface area contributed by atoms with Crippen LogP contribution in [0.25, 0.3) is 0 Å². The lowest BCUT2D eigenvalue weighted by Crippen LogP contribution is -2.44. The fraction of sp³-hybridized carbons (Fsp3) is 0.467. The number of carboxylic acid groups (broad SMARTS) is 1. The third-order valence-electron chi connectivity index (χ3n) is 3.65. The summed E-state index contributed by atoms with van der Waals surface area (Å²) in [5, 5.41) is 9.19. The molecule has 1 aliphatic rings. The number of carbonyl (C=O) groups excluding carboxylic acids is 1. The first-order chi connectivity index (χ1) is 9.54. The van der Waals surface area contributed by atoms with Gasteiger partial charge in [0.15, 0.2) is 0 Å². The molecule has 1 heterocycles. The summed E-state index contributed by atoms with van der Waals surface area (Å²) in [5.74, 6) is -0.898. The molecule has 1 aliphatic heterocycles. The summed E-state index contributed by atoms with van der Waals surface area (Å²) >= 11 is 0. The summed E-state index contributed by atoms with van der Waals surface area (Å²) in [4.78, 5) is 26.9. The number of rotatable bonds is 3. The van der Waals surface area contributed by atoms with Gasteiger partial charge in [-0.15, -0.1) is 0 Å². The van der Waals surface area contributed by atoms with Gasteiger partial charge in [0.25, 0.3) is 0 Å². The molecule has 0 fully saturated rings. The smallest absolute Gasteiger partial charge is 0.335 e. The van der Waals surface area contributed by atoms with Crippen LogP contribution in [0.15, 0.2) is 18.2 Å². The van der Waals surface area contributed by atoms with Gasteiger partial charge < -0.3 is 14.9 Å². The van der Waals surface area contributed by atoms with Crippen LogP contribution in [-0.4, -0.2) is 47.0 Å². The van der Waals surface area contributed by atoms with Crippen LogP contribution in [-0.2, 0) is 13.0 Å². The Kier molecular flexibility index (Phi) is 4.27. The summed E-state index contributed by atoms with van der Waals surface area (Å²) in [6.07, 6.45) is 1.53. The Hall–Kier alpha value is -2.04. The Bertz CT molecular complexity index is 528. The van der Waals surface area contributed by atoms with Crippen LogP contribution in [0.3, 0.4) is 0 Å². The lowest BCUT2D eigenvalue weighted by atomic mass is 9.94. The predicted molar refractivity (Wildman–Crippen MR) is 75.8 cm³/mol. The van der Waals surface area contributed by atoms with Crippen molar-refractivity contribution in [2.24, 2.45) is 0 Å². The van der Waals surface area contributed by atoms with Gasteiger partial charge in [0.05, 0.1) is 5.56 Å². The van der Waals surface area contributed by atoms with Gasteiger partial charge in [-0.25, -0.2) is 9.59 Å². The zero-order valence-electron chi connectivity index (χ0n) is 11.9. The van der Waals surface area contributed by atoms with Crippen LogP contribution in [0.4, 0.5) is 4.79 Å². The van der Waals surface area contributed by atoms with Gasteiger partial charge in [0, 0.05) is 26.7 Å². The number of urea groups is 1. The number of nitrogens with zero attached hydrogens (tertiary/aromatic N) is 2. The second-order valence-corrected chi connectivity index (χ2v) is 5.12. The van der Waals surface area contributed by atoms with Gasteiger partial charge in [-0.3, -0.25) is 0 Å². The van der Waals surface area contributed by atoms with Gasteiger partial charge in [-0.1, -0.05) is 19.1 Å².